The number of nitrogens with zero attached hydrogens (tertiary/aromatic N) is 1. The molecule has 0 bridgehead atoms. The van der Waals surface area contributed by atoms with Gasteiger partial charge in [-0.05, 0) is 39.2 Å². The maximum Gasteiger partial charge on any atom is 0.401 e. The predicted molar refractivity (Wildman–Crippen MR) is 59.6 cm³/mol. The Balaban J connectivity index is 2.30. The van der Waals surface area contributed by atoms with Crippen LogP contribution >= 0.6 is 0 Å². The molecule has 6 heteroatoms. The highest BCUT2D eigenvalue weighted by Gasteiger charge is 2.37. The van der Waals surface area contributed by atoms with Gasteiger partial charge >= 0.3 is 6.18 Å². The van der Waals surface area contributed by atoms with Crippen LogP contribution in [-0.2, 0) is 0 Å². The first-order chi connectivity index (χ1) is 7.73. The molecule has 102 valence electrons. The number of alkyl halides is 3. The molecule has 3 N–H and O–H groups in total. The van der Waals surface area contributed by atoms with E-state index >= 15 is 0 Å². The van der Waals surface area contributed by atoms with E-state index in [2.05, 4.69) is 0 Å². The third-order valence-corrected chi connectivity index (χ3v) is 3.00. The van der Waals surface area contributed by atoms with Crippen LogP contribution in [0.4, 0.5) is 13.2 Å². The van der Waals surface area contributed by atoms with Crippen LogP contribution in [0.5, 0.6) is 0 Å². The van der Waals surface area contributed by atoms with Gasteiger partial charge in [0.15, 0.2) is 0 Å². The van der Waals surface area contributed by atoms with Gasteiger partial charge < -0.3 is 10.8 Å². The summed E-state index contributed by atoms with van der Waals surface area (Å²) in [5.41, 5.74) is 5.04. The summed E-state index contributed by atoms with van der Waals surface area (Å²) >= 11 is 0. The van der Waals surface area contributed by atoms with Gasteiger partial charge in [-0.15, -0.1) is 0 Å². The van der Waals surface area contributed by atoms with Crippen molar-refractivity contribution in [2.45, 2.75) is 50.4 Å². The van der Waals surface area contributed by atoms with Gasteiger partial charge in [0.1, 0.15) is 0 Å². The van der Waals surface area contributed by atoms with Gasteiger partial charge in [0.2, 0.25) is 0 Å². The van der Waals surface area contributed by atoms with Crippen LogP contribution in [-0.4, -0.2) is 47.5 Å². The number of aliphatic hydroxyl groups excluding tert-OH is 1. The van der Waals surface area contributed by atoms with E-state index in [0.717, 1.165) is 12.8 Å². The van der Waals surface area contributed by atoms with Crippen molar-refractivity contribution in [1.82, 2.24) is 4.90 Å². The number of aliphatic hydroxyl groups is 1. The number of hydrogen-bond donors (Lipinski definition) is 2. The minimum Gasteiger partial charge on any atom is -0.394 e. The number of hydrogen-bond acceptors (Lipinski definition) is 3. The summed E-state index contributed by atoms with van der Waals surface area (Å²) in [6.07, 6.45) is -1.30. The highest BCUT2D eigenvalue weighted by molar-refractivity contribution is 4.86. The summed E-state index contributed by atoms with van der Waals surface area (Å²) < 4.78 is 36.9. The Morgan fingerprint density at radius 3 is 2.35 bits per heavy atom. The Morgan fingerprint density at radius 2 is 1.94 bits per heavy atom. The molecule has 1 aliphatic rings. The maximum absolute atomic E-state index is 12.3. The van der Waals surface area contributed by atoms with Gasteiger partial charge in [-0.1, -0.05) is 0 Å². The van der Waals surface area contributed by atoms with Gasteiger partial charge in [-0.3, -0.25) is 4.90 Å². The zero-order valence-electron chi connectivity index (χ0n) is 10.1. The largest absolute Gasteiger partial charge is 0.401 e. The molecule has 0 aliphatic heterocycles. The number of rotatable bonds is 7. The number of halogens is 3. The summed E-state index contributed by atoms with van der Waals surface area (Å²) in [4.78, 5) is 1.48. The second kappa shape index (κ2) is 5.54. The van der Waals surface area contributed by atoms with Crippen molar-refractivity contribution in [3.8, 4) is 0 Å². The molecule has 1 unspecified atom stereocenters. The van der Waals surface area contributed by atoms with Crippen molar-refractivity contribution < 1.29 is 18.3 Å². The fourth-order valence-electron chi connectivity index (χ4n) is 1.83. The van der Waals surface area contributed by atoms with E-state index in [1.807, 2.05) is 0 Å². The average molecular weight is 254 g/mol. The van der Waals surface area contributed by atoms with Crippen molar-refractivity contribution in [2.75, 3.05) is 19.7 Å². The minimum atomic E-state index is -4.13. The Bertz CT molecular complexity index is 239. The fraction of sp³-hybridized carbons (Fsp3) is 1.00. The first kappa shape index (κ1) is 14.7. The van der Waals surface area contributed by atoms with Crippen molar-refractivity contribution in [1.29, 1.82) is 0 Å². The molecule has 1 saturated carbocycles. The van der Waals surface area contributed by atoms with E-state index in [-0.39, 0.29) is 12.6 Å². The molecule has 17 heavy (non-hydrogen) atoms. The monoisotopic (exact) mass is 254 g/mol. The predicted octanol–water partition coefficient (Wildman–Crippen LogP) is 1.50. The zero-order valence-corrected chi connectivity index (χ0v) is 10.1. The van der Waals surface area contributed by atoms with Crippen LogP contribution < -0.4 is 5.73 Å². The molecule has 0 saturated heterocycles. The first-order valence-corrected chi connectivity index (χ1v) is 5.94. The highest BCUT2D eigenvalue weighted by Crippen LogP contribution is 2.30. The molecule has 0 amide bonds. The molecule has 1 fully saturated rings. The van der Waals surface area contributed by atoms with Crippen LogP contribution in [0.1, 0.15) is 32.6 Å². The molecule has 0 spiro atoms. The van der Waals surface area contributed by atoms with Crippen molar-refractivity contribution in [3.05, 3.63) is 0 Å². The van der Waals surface area contributed by atoms with E-state index in [1.54, 1.807) is 6.92 Å². The minimum absolute atomic E-state index is 0.0924. The quantitative estimate of drug-likeness (QED) is 0.724. The lowest BCUT2D eigenvalue weighted by molar-refractivity contribution is -0.147. The lowest BCUT2D eigenvalue weighted by Crippen LogP contribution is -2.42. The molecule has 0 aromatic carbocycles. The fourth-order valence-corrected chi connectivity index (χ4v) is 1.83. The van der Waals surface area contributed by atoms with E-state index in [9.17, 15) is 13.2 Å². The van der Waals surface area contributed by atoms with E-state index in [1.165, 1.54) is 4.90 Å². The number of nitrogens with two attached hydrogens (primary N) is 1. The summed E-state index contributed by atoms with van der Waals surface area (Å²) in [7, 11) is 0. The van der Waals surface area contributed by atoms with Crippen LogP contribution in [0.3, 0.4) is 0 Å². The highest BCUT2D eigenvalue weighted by atomic mass is 19.4. The Labute approximate surface area is 99.8 Å². The van der Waals surface area contributed by atoms with Crippen molar-refractivity contribution in [2.24, 2.45) is 5.73 Å². The zero-order chi connectivity index (χ0) is 13.1. The second-order valence-corrected chi connectivity index (χ2v) is 5.23. The third-order valence-electron chi connectivity index (χ3n) is 3.00. The SMILES string of the molecule is CC(N)(CO)CCCN(CC(F)(F)F)C1CC1. The molecule has 1 aliphatic carbocycles. The average Bonchev–Trinajstić information content (AvgIpc) is 2.97. The van der Waals surface area contributed by atoms with Crippen molar-refractivity contribution >= 4 is 0 Å². The van der Waals surface area contributed by atoms with Crippen molar-refractivity contribution in [3.63, 3.8) is 0 Å². The molecule has 0 aromatic heterocycles. The van der Waals surface area contributed by atoms with Gasteiger partial charge in [-0.25, -0.2) is 0 Å². The topological polar surface area (TPSA) is 49.5 Å². The second-order valence-electron chi connectivity index (χ2n) is 5.23. The van der Waals surface area contributed by atoms with Crippen LogP contribution in [0.25, 0.3) is 0 Å². The molecular formula is C11H21F3N2O. The summed E-state index contributed by atoms with van der Waals surface area (Å²) in [6, 6.07) is 0.0924. The molecule has 0 radical (unpaired) electrons. The van der Waals surface area contributed by atoms with E-state index in [4.69, 9.17) is 10.8 Å². The molecular weight excluding hydrogens is 233 g/mol. The third kappa shape index (κ3) is 6.24. The smallest absolute Gasteiger partial charge is 0.394 e. The first-order valence-electron chi connectivity index (χ1n) is 5.94. The van der Waals surface area contributed by atoms with Gasteiger partial charge in [0.05, 0.1) is 13.2 Å². The van der Waals surface area contributed by atoms with Gasteiger partial charge in [-0.2, -0.15) is 13.2 Å². The molecule has 1 rings (SSSR count). The Morgan fingerprint density at radius 1 is 1.35 bits per heavy atom. The maximum atomic E-state index is 12.3. The molecule has 1 atom stereocenters. The summed E-state index contributed by atoms with van der Waals surface area (Å²) in [5, 5.41) is 8.95. The summed E-state index contributed by atoms with van der Waals surface area (Å²) in [5.74, 6) is 0. The van der Waals surface area contributed by atoms with E-state index in [0.29, 0.717) is 19.4 Å². The van der Waals surface area contributed by atoms with Crippen LogP contribution in [0, 0.1) is 0 Å². The standard InChI is InChI=1S/C11H21F3N2O/c1-10(15,8-17)5-2-6-16(9-3-4-9)7-11(12,13)14/h9,17H,2-8,15H2,1H3. The summed E-state index contributed by atoms with van der Waals surface area (Å²) in [6.45, 7) is 1.13. The van der Waals surface area contributed by atoms with Gasteiger partial charge in [0.25, 0.3) is 0 Å². The molecule has 0 heterocycles. The van der Waals surface area contributed by atoms with Gasteiger partial charge in [0, 0.05) is 11.6 Å². The molecule has 3 nitrogen and oxygen atoms in total. The molecule has 0 aromatic rings. The van der Waals surface area contributed by atoms with E-state index < -0.39 is 18.3 Å². The van der Waals surface area contributed by atoms with Crippen LogP contribution in [0.15, 0.2) is 0 Å². The lowest BCUT2D eigenvalue weighted by atomic mass is 9.98. The Kier molecular flexibility index (Phi) is 4.80. The van der Waals surface area contributed by atoms with Crippen LogP contribution in [0.2, 0.25) is 0 Å². The normalized spacial score (nSPS) is 20.6. The lowest BCUT2D eigenvalue weighted by Gasteiger charge is -2.26. The Hall–Kier alpha value is -0.330.